The van der Waals surface area contributed by atoms with E-state index in [0.29, 0.717) is 5.56 Å². The third-order valence-electron chi connectivity index (χ3n) is 4.60. The second-order valence-corrected chi connectivity index (χ2v) is 6.68. The number of carbonyl (C=O) groups excluding carboxylic acids is 4. The van der Waals surface area contributed by atoms with Gasteiger partial charge in [-0.2, -0.15) is 5.26 Å². The number of ether oxygens (including phenoxy) is 1. The summed E-state index contributed by atoms with van der Waals surface area (Å²) in [5, 5.41) is 14.1. The standard InChI is InChI=1S/C21H18N4O5/c1-21(15-8-3-2-4-9-15)19(28)25(20(29)24-21)12-18(27)30-13-17(26)23-16-10-6-5-7-14(16)11-22/h2-10H,12-13H2,1H3,(H,23,26)(H,24,29)/t21-/m1/s1. The first-order valence-electron chi connectivity index (χ1n) is 8.99. The summed E-state index contributed by atoms with van der Waals surface area (Å²) < 4.78 is 4.87. The zero-order chi connectivity index (χ0) is 21.7. The van der Waals surface area contributed by atoms with E-state index in [1.165, 1.54) is 12.1 Å². The predicted octanol–water partition coefficient (Wildman–Crippen LogP) is 1.51. The second-order valence-electron chi connectivity index (χ2n) is 6.68. The van der Waals surface area contributed by atoms with Crippen LogP contribution in [-0.2, 0) is 24.7 Å². The molecule has 9 heteroatoms. The summed E-state index contributed by atoms with van der Waals surface area (Å²) in [6, 6.07) is 16.2. The van der Waals surface area contributed by atoms with Gasteiger partial charge < -0.3 is 15.4 Å². The van der Waals surface area contributed by atoms with E-state index in [-0.39, 0.29) is 11.3 Å². The molecule has 1 heterocycles. The number of imide groups is 1. The molecule has 2 N–H and O–H groups in total. The fourth-order valence-electron chi connectivity index (χ4n) is 3.00. The van der Waals surface area contributed by atoms with Crippen LogP contribution in [0.25, 0.3) is 0 Å². The Morgan fingerprint density at radius 2 is 1.80 bits per heavy atom. The van der Waals surface area contributed by atoms with Crippen LogP contribution in [-0.4, -0.2) is 41.9 Å². The van der Waals surface area contributed by atoms with Gasteiger partial charge in [0, 0.05) is 0 Å². The van der Waals surface area contributed by atoms with E-state index in [1.54, 1.807) is 49.4 Å². The van der Waals surface area contributed by atoms with Crippen LogP contribution in [0.2, 0.25) is 0 Å². The van der Waals surface area contributed by atoms with E-state index >= 15 is 0 Å². The summed E-state index contributed by atoms with van der Waals surface area (Å²) in [5.41, 5.74) is -0.169. The maximum absolute atomic E-state index is 12.7. The molecule has 1 saturated heterocycles. The molecule has 3 rings (SSSR count). The lowest BCUT2D eigenvalue weighted by molar-refractivity contribution is -0.150. The molecule has 0 aliphatic carbocycles. The van der Waals surface area contributed by atoms with Crippen LogP contribution >= 0.6 is 0 Å². The van der Waals surface area contributed by atoms with Gasteiger partial charge >= 0.3 is 12.0 Å². The minimum absolute atomic E-state index is 0.261. The molecule has 0 unspecified atom stereocenters. The Labute approximate surface area is 172 Å². The van der Waals surface area contributed by atoms with Crippen LogP contribution in [0.3, 0.4) is 0 Å². The van der Waals surface area contributed by atoms with Gasteiger partial charge in [0.1, 0.15) is 18.2 Å². The van der Waals surface area contributed by atoms with E-state index in [4.69, 9.17) is 10.00 Å². The highest BCUT2D eigenvalue weighted by Gasteiger charge is 2.49. The molecule has 4 amide bonds. The Morgan fingerprint density at radius 3 is 2.50 bits per heavy atom. The molecule has 30 heavy (non-hydrogen) atoms. The van der Waals surface area contributed by atoms with Crippen LogP contribution in [0, 0.1) is 11.3 Å². The summed E-state index contributed by atoms with van der Waals surface area (Å²) in [5.74, 6) is -2.17. The third-order valence-corrected chi connectivity index (χ3v) is 4.60. The second kappa shape index (κ2) is 8.45. The number of hydrogen-bond acceptors (Lipinski definition) is 6. The van der Waals surface area contributed by atoms with E-state index in [2.05, 4.69) is 10.6 Å². The molecule has 152 valence electrons. The molecule has 2 aromatic carbocycles. The average Bonchev–Trinajstić information content (AvgIpc) is 2.97. The zero-order valence-electron chi connectivity index (χ0n) is 16.0. The number of nitriles is 1. The molecule has 1 aliphatic rings. The van der Waals surface area contributed by atoms with Crippen molar-refractivity contribution in [2.45, 2.75) is 12.5 Å². The van der Waals surface area contributed by atoms with E-state index in [0.717, 1.165) is 4.90 Å². The number of nitrogens with zero attached hydrogens (tertiary/aromatic N) is 2. The topological polar surface area (TPSA) is 129 Å². The molecule has 9 nitrogen and oxygen atoms in total. The summed E-state index contributed by atoms with van der Waals surface area (Å²) in [7, 11) is 0. The van der Waals surface area contributed by atoms with Crippen molar-refractivity contribution in [2.24, 2.45) is 0 Å². The smallest absolute Gasteiger partial charge is 0.326 e. The van der Waals surface area contributed by atoms with Crippen molar-refractivity contribution >= 4 is 29.5 Å². The number of rotatable bonds is 6. The molecule has 0 spiro atoms. The van der Waals surface area contributed by atoms with Gasteiger partial charge in [0.25, 0.3) is 11.8 Å². The number of benzene rings is 2. The Hall–Kier alpha value is -4.19. The lowest BCUT2D eigenvalue weighted by Crippen LogP contribution is -2.41. The van der Waals surface area contributed by atoms with Crippen molar-refractivity contribution in [2.75, 3.05) is 18.5 Å². The van der Waals surface area contributed by atoms with Crippen LogP contribution in [0.15, 0.2) is 54.6 Å². The van der Waals surface area contributed by atoms with Gasteiger partial charge in [0.2, 0.25) is 0 Å². The Kier molecular flexibility index (Phi) is 5.78. The molecule has 1 atom stereocenters. The molecule has 1 aliphatic heterocycles. The summed E-state index contributed by atoms with van der Waals surface area (Å²) >= 11 is 0. The van der Waals surface area contributed by atoms with Crippen LogP contribution in [0.1, 0.15) is 18.1 Å². The maximum atomic E-state index is 12.7. The molecular weight excluding hydrogens is 388 g/mol. The highest BCUT2D eigenvalue weighted by molar-refractivity contribution is 6.09. The first-order valence-corrected chi connectivity index (χ1v) is 8.99. The Balaban J connectivity index is 1.57. The first kappa shape index (κ1) is 20.5. The summed E-state index contributed by atoms with van der Waals surface area (Å²) in [6.07, 6.45) is 0. The van der Waals surface area contributed by atoms with Crippen molar-refractivity contribution in [1.29, 1.82) is 5.26 Å². The lowest BCUT2D eigenvalue weighted by Gasteiger charge is -2.21. The molecule has 0 bridgehead atoms. The Morgan fingerprint density at radius 1 is 1.13 bits per heavy atom. The number of para-hydroxylation sites is 1. The average molecular weight is 406 g/mol. The van der Waals surface area contributed by atoms with Crippen molar-refractivity contribution in [1.82, 2.24) is 10.2 Å². The SMILES string of the molecule is C[C@]1(c2ccccc2)NC(=O)N(CC(=O)OCC(=O)Nc2ccccc2C#N)C1=O. The summed E-state index contributed by atoms with van der Waals surface area (Å²) in [4.78, 5) is 49.8. The molecular formula is C21H18N4O5. The number of urea groups is 1. The van der Waals surface area contributed by atoms with E-state index in [1.807, 2.05) is 6.07 Å². The van der Waals surface area contributed by atoms with Crippen molar-refractivity contribution in [3.63, 3.8) is 0 Å². The maximum Gasteiger partial charge on any atom is 0.326 e. The number of amides is 4. The van der Waals surface area contributed by atoms with Crippen LogP contribution < -0.4 is 10.6 Å². The van der Waals surface area contributed by atoms with Crippen molar-refractivity contribution < 1.29 is 23.9 Å². The zero-order valence-corrected chi connectivity index (χ0v) is 16.0. The highest BCUT2D eigenvalue weighted by atomic mass is 16.5. The van der Waals surface area contributed by atoms with Gasteiger partial charge in [-0.25, -0.2) is 4.79 Å². The largest absolute Gasteiger partial charge is 0.454 e. The number of nitrogens with one attached hydrogen (secondary N) is 2. The normalized spacial score (nSPS) is 17.8. The van der Waals surface area contributed by atoms with Gasteiger partial charge in [-0.15, -0.1) is 0 Å². The first-order chi connectivity index (χ1) is 14.3. The number of anilines is 1. The van der Waals surface area contributed by atoms with Gasteiger partial charge in [0.05, 0.1) is 11.3 Å². The molecule has 0 radical (unpaired) electrons. The minimum Gasteiger partial charge on any atom is -0.454 e. The number of esters is 1. The third kappa shape index (κ3) is 4.12. The van der Waals surface area contributed by atoms with Crippen molar-refractivity contribution in [3.05, 3.63) is 65.7 Å². The molecule has 0 saturated carbocycles. The fraction of sp³-hybridized carbons (Fsp3) is 0.190. The number of hydrogen-bond donors (Lipinski definition) is 2. The van der Waals surface area contributed by atoms with Gasteiger partial charge in [-0.05, 0) is 24.6 Å². The lowest BCUT2D eigenvalue weighted by atomic mass is 9.92. The van der Waals surface area contributed by atoms with E-state index < -0.39 is 42.5 Å². The van der Waals surface area contributed by atoms with Gasteiger partial charge in [0.15, 0.2) is 6.61 Å². The quantitative estimate of drug-likeness (QED) is 0.553. The monoisotopic (exact) mass is 406 g/mol. The Bertz CT molecular complexity index is 1050. The van der Waals surface area contributed by atoms with Gasteiger partial charge in [-0.1, -0.05) is 42.5 Å². The number of carbonyl (C=O) groups is 4. The molecule has 0 aromatic heterocycles. The minimum atomic E-state index is -1.29. The molecule has 1 fully saturated rings. The van der Waals surface area contributed by atoms with Crippen molar-refractivity contribution in [3.8, 4) is 6.07 Å². The molecule has 2 aromatic rings. The van der Waals surface area contributed by atoms with Crippen LogP contribution in [0.4, 0.5) is 10.5 Å². The van der Waals surface area contributed by atoms with Crippen LogP contribution in [0.5, 0.6) is 0 Å². The predicted molar refractivity (Wildman–Crippen MR) is 105 cm³/mol. The fourth-order valence-corrected chi connectivity index (χ4v) is 3.00. The summed E-state index contributed by atoms with van der Waals surface area (Å²) in [6.45, 7) is 0.293. The van der Waals surface area contributed by atoms with Gasteiger partial charge in [-0.3, -0.25) is 19.3 Å². The van der Waals surface area contributed by atoms with E-state index in [9.17, 15) is 19.2 Å². The highest BCUT2D eigenvalue weighted by Crippen LogP contribution is 2.28.